The predicted octanol–water partition coefficient (Wildman–Crippen LogP) is 3.11. The monoisotopic (exact) mass is 228 g/mol. The molecule has 0 bridgehead atoms. The van der Waals surface area contributed by atoms with Crippen molar-refractivity contribution < 1.29 is 9.84 Å². The first-order valence-corrected chi connectivity index (χ1v) is 5.49. The largest absolute Gasteiger partial charge is 0.386 e. The molecule has 0 aromatic heterocycles. The van der Waals surface area contributed by atoms with Crippen LogP contribution in [0.1, 0.15) is 31.1 Å². The molecule has 1 N–H and O–H groups in total. The van der Waals surface area contributed by atoms with E-state index in [4.69, 9.17) is 16.3 Å². The predicted molar refractivity (Wildman–Crippen MR) is 62.2 cm³/mol. The standard InChI is InChI=1S/C12H17ClO2/c1-4-15-9(3)12(14)10-6-5-8(2)11(13)7-10/h5-7,9,12,14H,4H2,1-3H3. The van der Waals surface area contributed by atoms with Gasteiger partial charge in [-0.3, -0.25) is 0 Å². The minimum Gasteiger partial charge on any atom is -0.386 e. The number of halogens is 1. The van der Waals surface area contributed by atoms with Gasteiger partial charge >= 0.3 is 0 Å². The van der Waals surface area contributed by atoms with Crippen molar-refractivity contribution in [2.75, 3.05) is 6.61 Å². The molecule has 15 heavy (non-hydrogen) atoms. The second-order valence-electron chi connectivity index (χ2n) is 3.61. The first-order valence-electron chi connectivity index (χ1n) is 5.12. The van der Waals surface area contributed by atoms with Gasteiger partial charge in [-0.1, -0.05) is 23.7 Å². The first-order chi connectivity index (χ1) is 7.06. The van der Waals surface area contributed by atoms with Crippen LogP contribution in [-0.2, 0) is 4.74 Å². The molecule has 2 nitrogen and oxygen atoms in total. The maximum absolute atomic E-state index is 9.95. The number of hydrogen-bond acceptors (Lipinski definition) is 2. The zero-order valence-corrected chi connectivity index (χ0v) is 10.1. The number of aliphatic hydroxyl groups excluding tert-OH is 1. The van der Waals surface area contributed by atoms with Crippen molar-refractivity contribution >= 4 is 11.6 Å². The van der Waals surface area contributed by atoms with Gasteiger partial charge in [-0.25, -0.2) is 0 Å². The lowest BCUT2D eigenvalue weighted by atomic mass is 10.0. The van der Waals surface area contributed by atoms with Gasteiger partial charge in [0.05, 0.1) is 6.10 Å². The van der Waals surface area contributed by atoms with Crippen LogP contribution in [0.5, 0.6) is 0 Å². The van der Waals surface area contributed by atoms with Crippen LogP contribution in [0.4, 0.5) is 0 Å². The van der Waals surface area contributed by atoms with E-state index in [9.17, 15) is 5.11 Å². The van der Waals surface area contributed by atoms with E-state index >= 15 is 0 Å². The Labute approximate surface area is 95.8 Å². The minimum absolute atomic E-state index is 0.214. The van der Waals surface area contributed by atoms with Gasteiger partial charge in [0.2, 0.25) is 0 Å². The molecule has 0 aliphatic rings. The summed E-state index contributed by atoms with van der Waals surface area (Å²) in [5.41, 5.74) is 1.81. The Morgan fingerprint density at radius 1 is 1.47 bits per heavy atom. The molecular weight excluding hydrogens is 212 g/mol. The molecule has 0 radical (unpaired) electrons. The maximum Gasteiger partial charge on any atom is 0.105 e. The highest BCUT2D eigenvalue weighted by Crippen LogP contribution is 2.24. The quantitative estimate of drug-likeness (QED) is 0.858. The third kappa shape index (κ3) is 3.20. The number of rotatable bonds is 4. The molecule has 1 aromatic rings. The Hall–Kier alpha value is -0.570. The van der Waals surface area contributed by atoms with Gasteiger partial charge in [0.1, 0.15) is 6.10 Å². The molecule has 0 heterocycles. The van der Waals surface area contributed by atoms with Crippen molar-refractivity contribution in [3.8, 4) is 0 Å². The van der Waals surface area contributed by atoms with E-state index in [1.807, 2.05) is 32.9 Å². The fraction of sp³-hybridized carbons (Fsp3) is 0.500. The number of ether oxygens (including phenoxy) is 1. The molecule has 0 amide bonds. The average molecular weight is 229 g/mol. The molecule has 1 rings (SSSR count). The fourth-order valence-corrected chi connectivity index (χ4v) is 1.61. The van der Waals surface area contributed by atoms with Gasteiger partial charge in [0, 0.05) is 11.6 Å². The second-order valence-corrected chi connectivity index (χ2v) is 4.02. The Bertz CT molecular complexity index is 325. The molecule has 0 aliphatic heterocycles. The maximum atomic E-state index is 9.95. The zero-order valence-electron chi connectivity index (χ0n) is 9.33. The molecule has 1 aromatic carbocycles. The molecular formula is C12H17ClO2. The van der Waals surface area contributed by atoms with E-state index in [1.165, 1.54) is 0 Å². The summed E-state index contributed by atoms with van der Waals surface area (Å²) >= 11 is 5.99. The Kier molecular flexibility index (Phi) is 4.58. The molecule has 2 unspecified atom stereocenters. The zero-order chi connectivity index (χ0) is 11.4. The Balaban J connectivity index is 2.81. The lowest BCUT2D eigenvalue weighted by Gasteiger charge is -2.19. The van der Waals surface area contributed by atoms with Crippen molar-refractivity contribution in [1.82, 2.24) is 0 Å². The molecule has 3 heteroatoms. The lowest BCUT2D eigenvalue weighted by Crippen LogP contribution is -2.18. The van der Waals surface area contributed by atoms with Crippen molar-refractivity contribution in [1.29, 1.82) is 0 Å². The van der Waals surface area contributed by atoms with Crippen molar-refractivity contribution in [2.24, 2.45) is 0 Å². The minimum atomic E-state index is -0.622. The van der Waals surface area contributed by atoms with Gasteiger partial charge in [0.15, 0.2) is 0 Å². The third-order valence-electron chi connectivity index (χ3n) is 2.41. The summed E-state index contributed by atoms with van der Waals surface area (Å²) < 4.78 is 5.34. The van der Waals surface area contributed by atoms with Crippen LogP contribution in [0.2, 0.25) is 5.02 Å². The van der Waals surface area contributed by atoms with Crippen LogP contribution in [0, 0.1) is 6.92 Å². The Morgan fingerprint density at radius 3 is 2.67 bits per heavy atom. The Morgan fingerprint density at radius 2 is 2.13 bits per heavy atom. The molecule has 0 fully saturated rings. The van der Waals surface area contributed by atoms with Crippen LogP contribution in [0.15, 0.2) is 18.2 Å². The van der Waals surface area contributed by atoms with Gasteiger partial charge in [0.25, 0.3) is 0 Å². The highest BCUT2D eigenvalue weighted by atomic mass is 35.5. The summed E-state index contributed by atoms with van der Waals surface area (Å²) in [5, 5.41) is 10.6. The van der Waals surface area contributed by atoms with Crippen LogP contribution in [0.3, 0.4) is 0 Å². The summed E-state index contributed by atoms with van der Waals surface area (Å²) in [5.74, 6) is 0. The molecule has 0 aliphatic carbocycles. The molecule has 0 saturated carbocycles. The molecule has 0 saturated heterocycles. The van der Waals surface area contributed by atoms with Crippen LogP contribution < -0.4 is 0 Å². The first kappa shape index (κ1) is 12.5. The second kappa shape index (κ2) is 5.50. The number of hydrogen-bond donors (Lipinski definition) is 1. The summed E-state index contributed by atoms with van der Waals surface area (Å²) in [6, 6.07) is 5.57. The van der Waals surface area contributed by atoms with E-state index < -0.39 is 6.10 Å². The normalized spacial score (nSPS) is 15.0. The molecule has 84 valence electrons. The van der Waals surface area contributed by atoms with E-state index in [2.05, 4.69) is 0 Å². The van der Waals surface area contributed by atoms with E-state index in [0.29, 0.717) is 11.6 Å². The highest BCUT2D eigenvalue weighted by Gasteiger charge is 2.16. The fourth-order valence-electron chi connectivity index (χ4n) is 1.42. The van der Waals surface area contributed by atoms with Crippen molar-refractivity contribution in [3.05, 3.63) is 34.3 Å². The van der Waals surface area contributed by atoms with E-state index in [0.717, 1.165) is 11.1 Å². The van der Waals surface area contributed by atoms with Gasteiger partial charge < -0.3 is 9.84 Å². The number of aliphatic hydroxyl groups is 1. The summed E-state index contributed by atoms with van der Waals surface area (Å²) in [7, 11) is 0. The topological polar surface area (TPSA) is 29.5 Å². The smallest absolute Gasteiger partial charge is 0.105 e. The average Bonchev–Trinajstić information content (AvgIpc) is 2.21. The van der Waals surface area contributed by atoms with Gasteiger partial charge in [-0.05, 0) is 38.0 Å². The molecule has 0 spiro atoms. The van der Waals surface area contributed by atoms with Gasteiger partial charge in [-0.15, -0.1) is 0 Å². The van der Waals surface area contributed by atoms with Crippen molar-refractivity contribution in [3.63, 3.8) is 0 Å². The van der Waals surface area contributed by atoms with E-state index in [-0.39, 0.29) is 6.10 Å². The summed E-state index contributed by atoms with van der Waals surface area (Å²) in [6.07, 6.45) is -0.836. The third-order valence-corrected chi connectivity index (χ3v) is 2.82. The number of benzene rings is 1. The number of aryl methyl sites for hydroxylation is 1. The lowest BCUT2D eigenvalue weighted by molar-refractivity contribution is -0.0227. The summed E-state index contributed by atoms with van der Waals surface area (Å²) in [4.78, 5) is 0. The van der Waals surface area contributed by atoms with Crippen LogP contribution >= 0.6 is 11.6 Å². The van der Waals surface area contributed by atoms with Crippen LogP contribution in [-0.4, -0.2) is 17.8 Å². The van der Waals surface area contributed by atoms with Crippen molar-refractivity contribution in [2.45, 2.75) is 33.0 Å². The van der Waals surface area contributed by atoms with Gasteiger partial charge in [-0.2, -0.15) is 0 Å². The highest BCUT2D eigenvalue weighted by molar-refractivity contribution is 6.31. The summed E-state index contributed by atoms with van der Waals surface area (Å²) in [6.45, 7) is 6.29. The SMILES string of the molecule is CCOC(C)C(O)c1ccc(C)c(Cl)c1. The van der Waals surface area contributed by atoms with Crippen LogP contribution in [0.25, 0.3) is 0 Å². The molecule has 2 atom stereocenters. The van der Waals surface area contributed by atoms with E-state index in [1.54, 1.807) is 6.07 Å².